The highest BCUT2D eigenvalue weighted by atomic mass is 32.2. The molecule has 0 aliphatic rings. The number of hydrogen-bond donors (Lipinski definition) is 0. The van der Waals surface area contributed by atoms with Crippen LogP contribution in [0.15, 0.2) is 0 Å². The zero-order chi connectivity index (χ0) is 8.74. The summed E-state index contributed by atoms with van der Waals surface area (Å²) in [6, 6.07) is 0. The fraction of sp³-hybridized carbons (Fsp3) is 1.00. The van der Waals surface area contributed by atoms with Crippen LogP contribution in [0.1, 0.15) is 26.2 Å². The van der Waals surface area contributed by atoms with E-state index in [0.717, 1.165) is 12.8 Å². The average Bonchev–Trinajstić information content (AvgIpc) is 1.99. The first-order chi connectivity index (χ1) is 5.12. The summed E-state index contributed by atoms with van der Waals surface area (Å²) in [6.45, 7) is 2.07. The second kappa shape index (κ2) is 5.20. The van der Waals surface area contributed by atoms with Crippen LogP contribution in [0.2, 0.25) is 0 Å². The van der Waals surface area contributed by atoms with Crippen molar-refractivity contribution >= 4 is 10.3 Å². The molecule has 5 nitrogen and oxygen atoms in total. The van der Waals surface area contributed by atoms with Gasteiger partial charge in [0, 0.05) is 0 Å². The van der Waals surface area contributed by atoms with Crippen LogP contribution in [0.5, 0.6) is 0 Å². The Labute approximate surface area is 66.5 Å². The van der Waals surface area contributed by atoms with Crippen molar-refractivity contribution < 1.29 is 12.6 Å². The highest BCUT2D eigenvalue weighted by Crippen LogP contribution is 1.96. The molecule has 1 radical (unpaired) electrons. The maximum atomic E-state index is 10.3. The molecule has 0 amide bonds. The van der Waals surface area contributed by atoms with Crippen LogP contribution in [0.4, 0.5) is 0 Å². The largest absolute Gasteiger partial charge is 0.561 e. The lowest BCUT2D eigenvalue weighted by Gasteiger charge is -1.93. The van der Waals surface area contributed by atoms with Crippen molar-refractivity contribution in [1.29, 1.82) is 0 Å². The Hall–Kier alpha value is -0.490. The van der Waals surface area contributed by atoms with Gasteiger partial charge in [-0.1, -0.05) is 19.8 Å². The van der Waals surface area contributed by atoms with Crippen molar-refractivity contribution in [3.63, 3.8) is 0 Å². The van der Waals surface area contributed by atoms with Gasteiger partial charge in [-0.3, -0.25) is 0 Å². The van der Waals surface area contributed by atoms with Crippen molar-refractivity contribution in [2.45, 2.75) is 26.2 Å². The smallest absolute Gasteiger partial charge is 0.407 e. The van der Waals surface area contributed by atoms with E-state index in [4.69, 9.17) is 5.53 Å². The van der Waals surface area contributed by atoms with Gasteiger partial charge in [-0.2, -0.15) is 0 Å². The summed E-state index contributed by atoms with van der Waals surface area (Å²) in [4.78, 5) is 0. The summed E-state index contributed by atoms with van der Waals surface area (Å²) in [6.07, 6.45) is 2.55. The number of hydrogen-bond acceptors (Lipinski definition) is 3. The molecule has 0 aromatic rings. The lowest BCUT2D eigenvalue weighted by Crippen LogP contribution is -2.09. The lowest BCUT2D eigenvalue weighted by molar-refractivity contribution is 0.306. The Morgan fingerprint density at radius 2 is 2.09 bits per heavy atom. The normalized spacial score (nSPS) is 11.4. The van der Waals surface area contributed by atoms with E-state index in [-0.39, 0.29) is 6.61 Å². The molecule has 0 heterocycles. The van der Waals surface area contributed by atoms with Crippen molar-refractivity contribution in [3.8, 4) is 0 Å². The first-order valence-corrected chi connectivity index (χ1v) is 4.74. The third-order valence-electron chi connectivity index (χ3n) is 1.08. The molecule has 65 valence electrons. The maximum Gasteiger partial charge on any atom is 0.561 e. The Morgan fingerprint density at radius 1 is 1.45 bits per heavy atom. The van der Waals surface area contributed by atoms with Gasteiger partial charge in [0.1, 0.15) is 4.52 Å². The van der Waals surface area contributed by atoms with Gasteiger partial charge in [0.05, 0.1) is 6.61 Å². The molecule has 0 fully saturated rings. The van der Waals surface area contributed by atoms with Gasteiger partial charge in [0.25, 0.3) is 0 Å². The minimum absolute atomic E-state index is 0.0836. The molecule has 0 aliphatic heterocycles. The number of nitrogens with zero attached hydrogens (tertiary/aromatic N) is 2. The van der Waals surface area contributed by atoms with Crippen LogP contribution >= 0.6 is 0 Å². The summed E-state index contributed by atoms with van der Waals surface area (Å²) < 4.78 is 27.0. The SMILES string of the molecule is CCCCCOS(=O)(=O)[N+]=[N-]. The Kier molecular flexibility index (Phi) is 4.97. The molecule has 0 saturated heterocycles. The summed E-state index contributed by atoms with van der Waals surface area (Å²) in [5.41, 5.74) is 7.86. The van der Waals surface area contributed by atoms with Gasteiger partial charge in [0.2, 0.25) is 0 Å². The van der Waals surface area contributed by atoms with Crippen molar-refractivity contribution in [2.75, 3.05) is 6.61 Å². The van der Waals surface area contributed by atoms with Crippen molar-refractivity contribution in [1.82, 2.24) is 4.52 Å². The molecule has 0 aliphatic carbocycles. The molecule has 0 bridgehead atoms. The third-order valence-corrected chi connectivity index (χ3v) is 1.74. The summed E-state index contributed by atoms with van der Waals surface area (Å²) in [5, 5.41) is 0. The summed E-state index contributed by atoms with van der Waals surface area (Å²) in [7, 11) is -4.02. The molecule has 0 aromatic heterocycles. The lowest BCUT2D eigenvalue weighted by atomic mass is 10.3. The van der Waals surface area contributed by atoms with E-state index in [1.165, 1.54) is 0 Å². The van der Waals surface area contributed by atoms with Crippen LogP contribution < -0.4 is 4.52 Å². The van der Waals surface area contributed by atoms with Crippen LogP contribution in [0.25, 0.3) is 5.53 Å². The molecule has 0 unspecified atom stereocenters. The Morgan fingerprint density at radius 3 is 2.55 bits per heavy atom. The minimum atomic E-state index is -4.02. The van der Waals surface area contributed by atoms with Crippen molar-refractivity contribution in [3.05, 3.63) is 5.53 Å². The van der Waals surface area contributed by atoms with E-state index in [2.05, 4.69) is 8.70 Å². The average molecular weight is 179 g/mol. The molecule has 6 heteroatoms. The molecular weight excluding hydrogens is 168 g/mol. The van der Waals surface area contributed by atoms with Gasteiger partial charge < -0.3 is 5.53 Å². The standard InChI is InChI=1S/C5H11N2O3S/c1-2-3-4-5-10-11(8,9)7-6/h2-5H2,1H3. The van der Waals surface area contributed by atoms with E-state index in [1.54, 1.807) is 0 Å². The zero-order valence-corrected chi connectivity index (χ0v) is 7.17. The Bertz CT molecular complexity index is 200. The molecule has 0 spiro atoms. The van der Waals surface area contributed by atoms with E-state index >= 15 is 0 Å². The molecular formula is C5H11N2O3S. The number of unbranched alkanes of at least 4 members (excludes halogenated alkanes) is 2. The van der Waals surface area contributed by atoms with Gasteiger partial charge in [-0.15, -0.1) is 8.42 Å². The fourth-order valence-electron chi connectivity index (χ4n) is 0.540. The topological polar surface area (TPSA) is 79.8 Å². The van der Waals surface area contributed by atoms with E-state index < -0.39 is 10.3 Å². The second-order valence-electron chi connectivity index (χ2n) is 2.04. The van der Waals surface area contributed by atoms with Crippen LogP contribution in [0.3, 0.4) is 0 Å². The second-order valence-corrected chi connectivity index (χ2v) is 3.29. The molecule has 0 rings (SSSR count). The number of rotatable bonds is 6. The van der Waals surface area contributed by atoms with Crippen molar-refractivity contribution in [2.24, 2.45) is 0 Å². The first-order valence-electron chi connectivity index (χ1n) is 3.38. The predicted octanol–water partition coefficient (Wildman–Crippen LogP) is 0.795. The summed E-state index contributed by atoms with van der Waals surface area (Å²) >= 11 is 0. The molecule has 0 saturated carbocycles. The highest BCUT2D eigenvalue weighted by Gasteiger charge is 2.15. The fourth-order valence-corrected chi connectivity index (χ4v) is 0.915. The van der Waals surface area contributed by atoms with Gasteiger partial charge in [-0.25, -0.2) is 4.18 Å². The van der Waals surface area contributed by atoms with Crippen LogP contribution in [-0.2, 0) is 14.5 Å². The van der Waals surface area contributed by atoms with E-state index in [0.29, 0.717) is 6.42 Å². The monoisotopic (exact) mass is 179 g/mol. The summed E-state index contributed by atoms with van der Waals surface area (Å²) in [5.74, 6) is 0. The van der Waals surface area contributed by atoms with Gasteiger partial charge in [-0.05, 0) is 6.42 Å². The molecule has 11 heavy (non-hydrogen) atoms. The Balaban J connectivity index is 3.47. The van der Waals surface area contributed by atoms with Gasteiger partial charge >= 0.3 is 10.3 Å². The van der Waals surface area contributed by atoms with Gasteiger partial charge in [0.15, 0.2) is 0 Å². The third kappa shape index (κ3) is 5.93. The molecule has 0 N–H and O–H groups in total. The van der Waals surface area contributed by atoms with E-state index in [1.807, 2.05) is 6.92 Å². The maximum absolute atomic E-state index is 10.3. The quantitative estimate of drug-likeness (QED) is 0.446. The van der Waals surface area contributed by atoms with Crippen LogP contribution in [0, 0.1) is 0 Å². The zero-order valence-electron chi connectivity index (χ0n) is 6.36. The molecule has 0 aromatic carbocycles. The molecule has 0 atom stereocenters. The highest BCUT2D eigenvalue weighted by molar-refractivity contribution is 7.84. The predicted molar refractivity (Wildman–Crippen MR) is 39.9 cm³/mol. The van der Waals surface area contributed by atoms with E-state index in [9.17, 15) is 8.42 Å². The minimum Gasteiger partial charge on any atom is -0.407 e. The van der Waals surface area contributed by atoms with Crippen LogP contribution in [-0.4, -0.2) is 15.0 Å². The first kappa shape index (κ1) is 10.5.